The van der Waals surface area contributed by atoms with Gasteiger partial charge in [-0.3, -0.25) is 0 Å². The molecule has 0 fully saturated rings. The number of urea groups is 1. The Bertz CT molecular complexity index is 477. The molecule has 1 rings (SSSR count). The van der Waals surface area contributed by atoms with Crippen molar-refractivity contribution in [3.8, 4) is 0 Å². The summed E-state index contributed by atoms with van der Waals surface area (Å²) >= 11 is 0. The second kappa shape index (κ2) is 7.93. The summed E-state index contributed by atoms with van der Waals surface area (Å²) in [5.74, 6) is -1.52. The third kappa shape index (κ3) is 4.97. The van der Waals surface area contributed by atoms with E-state index in [4.69, 9.17) is 5.11 Å². The summed E-state index contributed by atoms with van der Waals surface area (Å²) in [6.45, 7) is 4.43. The Balaban J connectivity index is 2.60. The van der Waals surface area contributed by atoms with Gasteiger partial charge in [0.25, 0.3) is 0 Å². The van der Waals surface area contributed by atoms with Crippen molar-refractivity contribution in [2.75, 3.05) is 18.5 Å². The highest BCUT2D eigenvalue weighted by molar-refractivity contribution is 5.89. The van der Waals surface area contributed by atoms with E-state index < -0.39 is 17.7 Å². The number of halogens is 2. The molecule has 0 radical (unpaired) electrons. The summed E-state index contributed by atoms with van der Waals surface area (Å²) in [5.41, 5.74) is -0.248. The van der Waals surface area contributed by atoms with Crippen molar-refractivity contribution in [1.29, 1.82) is 0 Å². The Morgan fingerprint density at radius 3 is 2.48 bits per heavy atom. The van der Waals surface area contributed by atoms with Crippen molar-refractivity contribution in [2.24, 2.45) is 5.41 Å². The smallest absolute Gasteiger partial charge is 0.319 e. The van der Waals surface area contributed by atoms with Crippen molar-refractivity contribution in [3.05, 3.63) is 29.8 Å². The highest BCUT2D eigenvalue weighted by atomic mass is 19.1. The van der Waals surface area contributed by atoms with Gasteiger partial charge in [-0.2, -0.15) is 0 Å². The monoisotopic (exact) mass is 300 g/mol. The second-order valence-corrected chi connectivity index (χ2v) is 5.11. The molecule has 0 aliphatic heterocycles. The molecule has 2 amide bonds. The lowest BCUT2D eigenvalue weighted by atomic mass is 9.79. The SMILES string of the molecule is CCC(CC)(CCO)CNC(=O)Nc1ccc(F)cc1F. The zero-order valence-corrected chi connectivity index (χ0v) is 12.4. The Morgan fingerprint density at radius 2 is 1.95 bits per heavy atom. The molecule has 0 saturated heterocycles. The number of hydrogen-bond donors (Lipinski definition) is 3. The second-order valence-electron chi connectivity index (χ2n) is 5.11. The molecule has 1 aromatic rings. The number of rotatable bonds is 7. The van der Waals surface area contributed by atoms with Crippen LogP contribution >= 0.6 is 0 Å². The van der Waals surface area contributed by atoms with Crippen molar-refractivity contribution in [3.63, 3.8) is 0 Å². The van der Waals surface area contributed by atoms with Crippen LogP contribution < -0.4 is 10.6 Å². The third-order valence-electron chi connectivity index (χ3n) is 3.95. The first-order valence-electron chi connectivity index (χ1n) is 7.07. The van der Waals surface area contributed by atoms with E-state index in [1.165, 1.54) is 6.07 Å². The molecule has 0 heterocycles. The molecular formula is C15H22F2N2O2. The van der Waals surface area contributed by atoms with Gasteiger partial charge in [-0.25, -0.2) is 13.6 Å². The largest absolute Gasteiger partial charge is 0.396 e. The maximum Gasteiger partial charge on any atom is 0.319 e. The maximum absolute atomic E-state index is 13.4. The molecule has 0 saturated carbocycles. The molecule has 0 atom stereocenters. The molecule has 118 valence electrons. The molecule has 0 aromatic heterocycles. The molecule has 0 aliphatic carbocycles. The lowest BCUT2D eigenvalue weighted by Gasteiger charge is -2.31. The van der Waals surface area contributed by atoms with Gasteiger partial charge in [-0.05, 0) is 36.8 Å². The zero-order chi connectivity index (χ0) is 15.9. The van der Waals surface area contributed by atoms with Crippen LogP contribution in [-0.4, -0.2) is 24.3 Å². The van der Waals surface area contributed by atoms with Crippen LogP contribution in [0.5, 0.6) is 0 Å². The normalized spacial score (nSPS) is 11.3. The van der Waals surface area contributed by atoms with Crippen molar-refractivity contribution in [1.82, 2.24) is 5.32 Å². The summed E-state index contributed by atoms with van der Waals surface area (Å²) in [5, 5.41) is 14.1. The summed E-state index contributed by atoms with van der Waals surface area (Å²) in [7, 11) is 0. The average molecular weight is 300 g/mol. The predicted molar refractivity (Wildman–Crippen MR) is 78.1 cm³/mol. The van der Waals surface area contributed by atoms with Crippen LogP contribution in [0, 0.1) is 17.0 Å². The van der Waals surface area contributed by atoms with Crippen LogP contribution in [-0.2, 0) is 0 Å². The average Bonchev–Trinajstić information content (AvgIpc) is 2.46. The van der Waals surface area contributed by atoms with Gasteiger partial charge >= 0.3 is 6.03 Å². The van der Waals surface area contributed by atoms with E-state index in [0.717, 1.165) is 18.9 Å². The van der Waals surface area contributed by atoms with Gasteiger partial charge in [0.15, 0.2) is 0 Å². The van der Waals surface area contributed by atoms with E-state index in [0.29, 0.717) is 19.0 Å². The van der Waals surface area contributed by atoms with E-state index in [1.807, 2.05) is 13.8 Å². The Labute approximate surface area is 123 Å². The summed E-state index contributed by atoms with van der Waals surface area (Å²) in [6, 6.07) is 2.41. The van der Waals surface area contributed by atoms with Gasteiger partial charge < -0.3 is 15.7 Å². The fraction of sp³-hybridized carbons (Fsp3) is 0.533. The van der Waals surface area contributed by atoms with Crippen LogP contribution in [0.1, 0.15) is 33.1 Å². The summed E-state index contributed by atoms with van der Waals surface area (Å²) in [4.78, 5) is 11.8. The van der Waals surface area contributed by atoms with Crippen molar-refractivity contribution >= 4 is 11.7 Å². The first-order valence-corrected chi connectivity index (χ1v) is 7.07. The molecule has 6 heteroatoms. The van der Waals surface area contributed by atoms with Crippen LogP contribution in [0.25, 0.3) is 0 Å². The van der Waals surface area contributed by atoms with Gasteiger partial charge in [0.2, 0.25) is 0 Å². The minimum absolute atomic E-state index is 0.0531. The molecule has 0 spiro atoms. The highest BCUT2D eigenvalue weighted by Gasteiger charge is 2.26. The van der Waals surface area contributed by atoms with Gasteiger partial charge in [0.1, 0.15) is 11.6 Å². The number of benzene rings is 1. The summed E-state index contributed by atoms with van der Waals surface area (Å²) < 4.78 is 26.2. The molecule has 21 heavy (non-hydrogen) atoms. The lowest BCUT2D eigenvalue weighted by molar-refractivity contribution is 0.165. The van der Waals surface area contributed by atoms with E-state index in [2.05, 4.69) is 10.6 Å². The fourth-order valence-electron chi connectivity index (χ4n) is 2.20. The molecule has 3 N–H and O–H groups in total. The number of aliphatic hydroxyl groups excluding tert-OH is 1. The Morgan fingerprint density at radius 1 is 1.29 bits per heavy atom. The van der Waals surface area contributed by atoms with E-state index >= 15 is 0 Å². The maximum atomic E-state index is 13.4. The topological polar surface area (TPSA) is 61.4 Å². The number of hydrogen-bond acceptors (Lipinski definition) is 2. The summed E-state index contributed by atoms with van der Waals surface area (Å²) in [6.07, 6.45) is 2.22. The number of anilines is 1. The Kier molecular flexibility index (Phi) is 6.55. The predicted octanol–water partition coefficient (Wildman–Crippen LogP) is 3.28. The first-order chi connectivity index (χ1) is 9.96. The standard InChI is InChI=1S/C15H22F2N2O2/c1-3-15(4-2,7-8-20)10-18-14(21)19-13-6-5-11(16)9-12(13)17/h5-6,9,20H,3-4,7-8,10H2,1-2H3,(H2,18,19,21). The van der Waals surface area contributed by atoms with Gasteiger partial charge in [0, 0.05) is 19.2 Å². The van der Waals surface area contributed by atoms with Gasteiger partial charge in [0.05, 0.1) is 5.69 Å². The van der Waals surface area contributed by atoms with Gasteiger partial charge in [-0.15, -0.1) is 0 Å². The lowest BCUT2D eigenvalue weighted by Crippen LogP contribution is -2.39. The number of carbonyl (C=O) groups excluding carboxylic acids is 1. The third-order valence-corrected chi connectivity index (χ3v) is 3.95. The molecule has 0 unspecified atom stereocenters. The Hall–Kier alpha value is -1.69. The zero-order valence-electron chi connectivity index (χ0n) is 12.4. The highest BCUT2D eigenvalue weighted by Crippen LogP contribution is 2.29. The van der Waals surface area contributed by atoms with Crippen LogP contribution in [0.15, 0.2) is 18.2 Å². The van der Waals surface area contributed by atoms with E-state index in [-0.39, 0.29) is 17.7 Å². The number of aliphatic hydroxyl groups is 1. The minimum atomic E-state index is -0.822. The van der Waals surface area contributed by atoms with E-state index in [9.17, 15) is 13.6 Å². The molecule has 1 aromatic carbocycles. The molecular weight excluding hydrogens is 278 g/mol. The van der Waals surface area contributed by atoms with E-state index in [1.54, 1.807) is 0 Å². The van der Waals surface area contributed by atoms with Crippen molar-refractivity contribution in [2.45, 2.75) is 33.1 Å². The minimum Gasteiger partial charge on any atom is -0.396 e. The van der Waals surface area contributed by atoms with Crippen molar-refractivity contribution < 1.29 is 18.7 Å². The molecule has 4 nitrogen and oxygen atoms in total. The quantitative estimate of drug-likeness (QED) is 0.723. The number of nitrogens with one attached hydrogen (secondary N) is 2. The van der Waals surface area contributed by atoms with Crippen LogP contribution in [0.3, 0.4) is 0 Å². The number of amides is 2. The van der Waals surface area contributed by atoms with Crippen LogP contribution in [0.4, 0.5) is 19.3 Å². The molecule has 0 aliphatic rings. The number of carbonyl (C=O) groups is 1. The molecule has 0 bridgehead atoms. The van der Waals surface area contributed by atoms with Gasteiger partial charge in [-0.1, -0.05) is 13.8 Å². The van der Waals surface area contributed by atoms with Crippen LogP contribution in [0.2, 0.25) is 0 Å². The first kappa shape index (κ1) is 17.4. The fourth-order valence-corrected chi connectivity index (χ4v) is 2.20.